The minimum Gasteiger partial charge on any atom is -0.481 e. The molecule has 0 saturated carbocycles. The molecule has 2 aromatic rings. The molecule has 12 heteroatoms. The number of carboxylic acids is 2. The number of amides is 1. The van der Waals surface area contributed by atoms with E-state index in [1.807, 2.05) is 0 Å². The summed E-state index contributed by atoms with van der Waals surface area (Å²) in [6.45, 7) is 1.47. The summed E-state index contributed by atoms with van der Waals surface area (Å²) in [6.07, 6.45) is -0.791. The van der Waals surface area contributed by atoms with Crippen molar-refractivity contribution in [3.63, 3.8) is 0 Å². The number of Topliss-reactive ketones (excluding diaryl/α,β-unsaturated/α-hetero) is 1. The maximum absolute atomic E-state index is 12.0. The number of carbonyl (C=O) groups excluding carboxylic acids is 3. The summed E-state index contributed by atoms with van der Waals surface area (Å²) in [5, 5.41) is 22.0. The molecule has 2 unspecified atom stereocenters. The number of fused-ring (bicyclic) bond motifs is 1. The van der Waals surface area contributed by atoms with Crippen LogP contribution in [0.3, 0.4) is 0 Å². The average Bonchev–Trinajstić information content (AvgIpc) is 2.75. The zero-order valence-corrected chi connectivity index (χ0v) is 20.0. The third-order valence-corrected chi connectivity index (χ3v) is 6.15. The predicted molar refractivity (Wildman–Crippen MR) is 125 cm³/mol. The first kappa shape index (κ1) is 29.2. The summed E-state index contributed by atoms with van der Waals surface area (Å²) >= 11 is 0. The van der Waals surface area contributed by atoms with E-state index in [2.05, 4.69) is 58.6 Å². The van der Waals surface area contributed by atoms with Gasteiger partial charge in [-0.05, 0) is 10.8 Å². The first-order chi connectivity index (χ1) is 16.3. The van der Waals surface area contributed by atoms with E-state index in [0.29, 0.717) is 0 Å². The Hall–Kier alpha value is -3.80. The Morgan fingerprint density at radius 3 is 1.80 bits per heavy atom. The number of ether oxygens (including phenoxy) is 1. The van der Waals surface area contributed by atoms with Crippen LogP contribution in [-0.4, -0.2) is 72.4 Å². The smallest absolute Gasteiger partial charge is 0.318 e. The molecule has 0 saturated heterocycles. The molecule has 3 N–H and O–H groups in total. The third kappa shape index (κ3) is 11.8. The number of hydrogen-bond acceptors (Lipinski definition) is 8. The van der Waals surface area contributed by atoms with Gasteiger partial charge in [-0.2, -0.15) is 0 Å². The summed E-state index contributed by atoms with van der Waals surface area (Å²) in [5.74, 6) is -8.76. The zero-order chi connectivity index (χ0) is 26.6. The number of ketones is 1. The standard InChI is InChI=1S/C13H19NO10S.C10H8/c1-7(5-25(22,23)6-12(19)20)13(21)14-9(3-11(17)18)10(16)4-24-8(2)15;1-2-6-10-8-4-3-7-9(10)5-1/h7,9H,3-6H2,1-2H3,(H,14,21)(H,17,18)(H,19,20);1-8H. The Bertz CT molecular complexity index is 1110. The summed E-state index contributed by atoms with van der Waals surface area (Å²) < 4.78 is 27.5. The van der Waals surface area contributed by atoms with Crippen molar-refractivity contribution < 1.29 is 47.3 Å². The largest absolute Gasteiger partial charge is 0.481 e. The van der Waals surface area contributed by atoms with Crippen LogP contribution in [0, 0.1) is 5.92 Å². The van der Waals surface area contributed by atoms with Crippen molar-refractivity contribution in [1.29, 1.82) is 0 Å². The van der Waals surface area contributed by atoms with Crippen molar-refractivity contribution in [2.75, 3.05) is 18.1 Å². The van der Waals surface area contributed by atoms with Crippen LogP contribution in [0.1, 0.15) is 20.3 Å². The van der Waals surface area contributed by atoms with Gasteiger partial charge in [0.25, 0.3) is 0 Å². The maximum atomic E-state index is 12.0. The second kappa shape index (κ2) is 13.8. The van der Waals surface area contributed by atoms with Crippen molar-refractivity contribution in [2.24, 2.45) is 5.92 Å². The van der Waals surface area contributed by atoms with Crippen LogP contribution < -0.4 is 5.32 Å². The quantitative estimate of drug-likeness (QED) is 0.370. The van der Waals surface area contributed by atoms with E-state index >= 15 is 0 Å². The second-order valence-electron chi connectivity index (χ2n) is 7.60. The fourth-order valence-electron chi connectivity index (χ4n) is 2.84. The molecule has 0 aromatic heterocycles. The first-order valence-electron chi connectivity index (χ1n) is 10.3. The maximum Gasteiger partial charge on any atom is 0.318 e. The van der Waals surface area contributed by atoms with Gasteiger partial charge in [0.1, 0.15) is 11.8 Å². The normalized spacial score (nSPS) is 12.4. The van der Waals surface area contributed by atoms with Gasteiger partial charge in [-0.3, -0.25) is 24.0 Å². The van der Waals surface area contributed by atoms with Gasteiger partial charge >= 0.3 is 17.9 Å². The van der Waals surface area contributed by atoms with Crippen molar-refractivity contribution in [2.45, 2.75) is 26.3 Å². The highest BCUT2D eigenvalue weighted by atomic mass is 32.2. The molecular formula is C23H27NO10S. The van der Waals surface area contributed by atoms with E-state index < -0.39 is 75.9 Å². The number of aliphatic carboxylic acids is 2. The summed E-state index contributed by atoms with van der Waals surface area (Å²) in [7, 11) is -4.06. The number of nitrogens with one attached hydrogen (secondary N) is 1. The molecule has 0 radical (unpaired) electrons. The van der Waals surface area contributed by atoms with Gasteiger partial charge in [0, 0.05) is 12.8 Å². The SMILES string of the molecule is CC(=O)OCC(=O)C(CC(=O)O)NC(=O)C(C)CS(=O)(=O)CC(=O)O.c1ccc2ccccc2c1. The number of sulfone groups is 1. The monoisotopic (exact) mass is 509 g/mol. The van der Waals surface area contributed by atoms with E-state index in [1.54, 1.807) is 0 Å². The van der Waals surface area contributed by atoms with Gasteiger partial charge in [-0.15, -0.1) is 0 Å². The zero-order valence-electron chi connectivity index (χ0n) is 19.2. The van der Waals surface area contributed by atoms with Gasteiger partial charge in [0.15, 0.2) is 22.2 Å². The molecule has 0 aliphatic carbocycles. The lowest BCUT2D eigenvalue weighted by Crippen LogP contribution is -2.47. The molecule has 0 aliphatic heterocycles. The first-order valence-corrected chi connectivity index (χ1v) is 12.2. The van der Waals surface area contributed by atoms with E-state index in [1.165, 1.54) is 17.7 Å². The van der Waals surface area contributed by atoms with Crippen LogP contribution in [0.4, 0.5) is 0 Å². The van der Waals surface area contributed by atoms with Crippen LogP contribution in [0.25, 0.3) is 10.8 Å². The molecule has 2 aromatic carbocycles. The van der Waals surface area contributed by atoms with E-state index in [0.717, 1.165) is 6.92 Å². The number of hydrogen-bond donors (Lipinski definition) is 3. The molecule has 0 spiro atoms. The van der Waals surface area contributed by atoms with E-state index in [-0.39, 0.29) is 0 Å². The molecule has 11 nitrogen and oxygen atoms in total. The number of esters is 1. The Labute approximate surface area is 202 Å². The topological polar surface area (TPSA) is 181 Å². The minimum atomic E-state index is -4.06. The summed E-state index contributed by atoms with van der Waals surface area (Å²) in [4.78, 5) is 55.7. The fraction of sp³-hybridized carbons (Fsp3) is 0.348. The number of rotatable bonds is 11. The molecular weight excluding hydrogens is 482 g/mol. The van der Waals surface area contributed by atoms with Gasteiger partial charge in [-0.1, -0.05) is 55.5 Å². The van der Waals surface area contributed by atoms with Crippen LogP contribution in [0.2, 0.25) is 0 Å². The van der Waals surface area contributed by atoms with Crippen molar-refractivity contribution in [1.82, 2.24) is 5.32 Å². The number of carbonyl (C=O) groups is 5. The minimum absolute atomic E-state index is 0.751. The van der Waals surface area contributed by atoms with Crippen molar-refractivity contribution >= 4 is 50.2 Å². The molecule has 0 bridgehead atoms. The molecule has 190 valence electrons. The van der Waals surface area contributed by atoms with E-state index in [9.17, 15) is 32.4 Å². The average molecular weight is 510 g/mol. The van der Waals surface area contributed by atoms with Crippen LogP contribution in [-0.2, 0) is 38.5 Å². The van der Waals surface area contributed by atoms with Crippen LogP contribution in [0.5, 0.6) is 0 Å². The Morgan fingerprint density at radius 1 is 0.914 bits per heavy atom. The lowest BCUT2D eigenvalue weighted by Gasteiger charge is -2.18. The third-order valence-electron chi connectivity index (χ3n) is 4.46. The molecule has 0 heterocycles. The second-order valence-corrected chi connectivity index (χ2v) is 9.71. The Balaban J connectivity index is 0.000000497. The fourth-order valence-corrected chi connectivity index (χ4v) is 4.25. The molecule has 0 fully saturated rings. The van der Waals surface area contributed by atoms with E-state index in [4.69, 9.17) is 10.2 Å². The molecule has 35 heavy (non-hydrogen) atoms. The van der Waals surface area contributed by atoms with Gasteiger partial charge in [0.2, 0.25) is 5.91 Å². The van der Waals surface area contributed by atoms with Crippen LogP contribution >= 0.6 is 0 Å². The molecule has 0 aliphatic rings. The highest BCUT2D eigenvalue weighted by Gasteiger charge is 2.29. The van der Waals surface area contributed by atoms with Crippen molar-refractivity contribution in [3.8, 4) is 0 Å². The summed E-state index contributed by atoms with van der Waals surface area (Å²) in [6, 6.07) is 15.2. The molecule has 2 atom stereocenters. The Kier molecular flexibility index (Phi) is 11.5. The highest BCUT2D eigenvalue weighted by molar-refractivity contribution is 7.92. The van der Waals surface area contributed by atoms with Gasteiger partial charge in [-0.25, -0.2) is 8.42 Å². The van der Waals surface area contributed by atoms with Gasteiger partial charge < -0.3 is 20.3 Å². The lowest BCUT2D eigenvalue weighted by atomic mass is 10.1. The van der Waals surface area contributed by atoms with Crippen molar-refractivity contribution in [3.05, 3.63) is 48.5 Å². The Morgan fingerprint density at radius 2 is 1.40 bits per heavy atom. The number of benzene rings is 2. The van der Waals surface area contributed by atoms with Crippen LogP contribution in [0.15, 0.2) is 48.5 Å². The molecule has 1 amide bonds. The molecule has 2 rings (SSSR count). The number of carboxylic acid groups (broad SMARTS) is 2. The predicted octanol–water partition coefficient (Wildman–Crippen LogP) is 1.05. The summed E-state index contributed by atoms with van der Waals surface area (Å²) in [5.41, 5.74) is 0. The lowest BCUT2D eigenvalue weighted by molar-refractivity contribution is -0.147. The highest BCUT2D eigenvalue weighted by Crippen LogP contribution is 2.11. The van der Waals surface area contributed by atoms with Gasteiger partial charge in [0.05, 0.1) is 12.2 Å².